The molecule has 0 rings (SSSR count). The van der Waals surface area contributed by atoms with Gasteiger partial charge in [-0.2, -0.15) is 5.26 Å². The number of nitrogens with zero attached hydrogens (tertiary/aromatic N) is 2. The molecule has 0 saturated carbocycles. The largest absolute Gasteiger partial charge is 0.346 e. The first-order chi connectivity index (χ1) is 5.41. The summed E-state index contributed by atoms with van der Waals surface area (Å²) in [6.45, 7) is 0. The van der Waals surface area contributed by atoms with Gasteiger partial charge in [0.05, 0.1) is 6.07 Å². The minimum atomic E-state index is -1.46. The third kappa shape index (κ3) is 3.29. The number of amides is 1. The molecule has 5 heteroatoms. The predicted molar refractivity (Wildman–Crippen MR) is 48.0 cm³/mol. The van der Waals surface area contributed by atoms with Crippen LogP contribution in [0.3, 0.4) is 0 Å². The van der Waals surface area contributed by atoms with Crippen molar-refractivity contribution in [3.8, 4) is 6.07 Å². The summed E-state index contributed by atoms with van der Waals surface area (Å²) in [5.41, 5.74) is 0. The van der Waals surface area contributed by atoms with Crippen LogP contribution in [0.5, 0.6) is 0 Å². The summed E-state index contributed by atoms with van der Waals surface area (Å²) in [4.78, 5) is 12.5. The molecule has 0 aliphatic heterocycles. The lowest BCUT2D eigenvalue weighted by Crippen LogP contribution is -2.37. The molecule has 0 heterocycles. The monoisotopic (exact) mass is 208 g/mol. The summed E-state index contributed by atoms with van der Waals surface area (Å²) < 4.78 is -1.46. The van der Waals surface area contributed by atoms with E-state index in [0.29, 0.717) is 0 Å². The highest BCUT2D eigenvalue weighted by Crippen LogP contribution is 2.28. The Morgan fingerprint density at radius 1 is 1.58 bits per heavy atom. The number of alkyl halides is 2. The standard InChI is InChI=1S/C7H10Cl2N2O/c1-11(2)6(12)7(8,9)4-3-5-10/h3-4H2,1-2H3. The number of hydrogen-bond acceptors (Lipinski definition) is 2. The van der Waals surface area contributed by atoms with Crippen LogP contribution in [0.2, 0.25) is 0 Å². The van der Waals surface area contributed by atoms with Crippen molar-refractivity contribution >= 4 is 29.1 Å². The Balaban J connectivity index is 4.21. The van der Waals surface area contributed by atoms with Crippen molar-refractivity contribution < 1.29 is 4.79 Å². The van der Waals surface area contributed by atoms with Crippen molar-refractivity contribution in [2.75, 3.05) is 14.1 Å². The van der Waals surface area contributed by atoms with Crippen LogP contribution in [0, 0.1) is 11.3 Å². The molecule has 0 fully saturated rings. The lowest BCUT2D eigenvalue weighted by atomic mass is 10.2. The topological polar surface area (TPSA) is 44.1 Å². The number of halogens is 2. The van der Waals surface area contributed by atoms with Crippen LogP contribution in [-0.2, 0) is 4.79 Å². The highest BCUT2D eigenvalue weighted by atomic mass is 35.5. The molecule has 0 unspecified atom stereocenters. The van der Waals surface area contributed by atoms with Gasteiger partial charge in [-0.25, -0.2) is 0 Å². The van der Waals surface area contributed by atoms with Gasteiger partial charge in [0.15, 0.2) is 4.33 Å². The SMILES string of the molecule is CN(C)C(=O)C(Cl)(Cl)CCC#N. The Morgan fingerprint density at radius 3 is 2.42 bits per heavy atom. The van der Waals surface area contributed by atoms with Gasteiger partial charge in [-0.15, -0.1) is 0 Å². The van der Waals surface area contributed by atoms with Crippen molar-refractivity contribution in [1.82, 2.24) is 4.90 Å². The van der Waals surface area contributed by atoms with Crippen LogP contribution in [0.25, 0.3) is 0 Å². The van der Waals surface area contributed by atoms with Gasteiger partial charge in [0.2, 0.25) is 0 Å². The fraction of sp³-hybridized carbons (Fsp3) is 0.714. The van der Waals surface area contributed by atoms with E-state index in [4.69, 9.17) is 28.5 Å². The summed E-state index contributed by atoms with van der Waals surface area (Å²) in [7, 11) is 3.13. The first-order valence-corrected chi connectivity index (χ1v) is 4.14. The molecule has 0 aromatic carbocycles. The Morgan fingerprint density at radius 2 is 2.08 bits per heavy atom. The van der Waals surface area contributed by atoms with Crippen LogP contribution < -0.4 is 0 Å². The minimum absolute atomic E-state index is 0.156. The van der Waals surface area contributed by atoms with Gasteiger partial charge in [-0.3, -0.25) is 4.79 Å². The Labute approximate surface area is 81.8 Å². The second kappa shape index (κ2) is 4.54. The Hall–Kier alpha value is -0.460. The number of hydrogen-bond donors (Lipinski definition) is 0. The molecule has 0 radical (unpaired) electrons. The van der Waals surface area contributed by atoms with E-state index in [-0.39, 0.29) is 18.7 Å². The minimum Gasteiger partial charge on any atom is -0.346 e. The van der Waals surface area contributed by atoms with E-state index < -0.39 is 4.33 Å². The summed E-state index contributed by atoms with van der Waals surface area (Å²) in [5, 5.41) is 8.26. The molecule has 0 aliphatic carbocycles. The van der Waals surface area contributed by atoms with E-state index in [9.17, 15) is 4.79 Å². The molecule has 0 saturated heterocycles. The quantitative estimate of drug-likeness (QED) is 0.662. The molecule has 12 heavy (non-hydrogen) atoms. The number of nitriles is 1. The maximum absolute atomic E-state index is 11.2. The van der Waals surface area contributed by atoms with Crippen LogP contribution in [0.15, 0.2) is 0 Å². The van der Waals surface area contributed by atoms with Gasteiger partial charge in [0.25, 0.3) is 5.91 Å². The van der Waals surface area contributed by atoms with Gasteiger partial charge in [-0.1, -0.05) is 23.2 Å². The molecule has 3 nitrogen and oxygen atoms in total. The van der Waals surface area contributed by atoms with E-state index in [1.165, 1.54) is 4.90 Å². The molecular formula is C7H10Cl2N2O. The Bertz CT molecular complexity index is 208. The molecule has 0 N–H and O–H groups in total. The maximum Gasteiger partial charge on any atom is 0.258 e. The number of carbonyl (C=O) groups excluding carboxylic acids is 1. The van der Waals surface area contributed by atoms with Crippen molar-refractivity contribution in [3.63, 3.8) is 0 Å². The molecule has 0 aliphatic rings. The molecule has 0 bridgehead atoms. The summed E-state index contributed by atoms with van der Waals surface area (Å²) in [6.07, 6.45) is 0.330. The smallest absolute Gasteiger partial charge is 0.258 e. The van der Waals surface area contributed by atoms with Crippen molar-refractivity contribution in [3.05, 3.63) is 0 Å². The predicted octanol–water partition coefficient (Wildman–Crippen LogP) is 1.55. The molecule has 0 atom stereocenters. The third-order valence-electron chi connectivity index (χ3n) is 1.27. The average molecular weight is 209 g/mol. The second-order valence-corrected chi connectivity index (χ2v) is 4.05. The van der Waals surface area contributed by atoms with Gasteiger partial charge >= 0.3 is 0 Å². The lowest BCUT2D eigenvalue weighted by Gasteiger charge is -2.21. The van der Waals surface area contributed by atoms with Crippen LogP contribution >= 0.6 is 23.2 Å². The van der Waals surface area contributed by atoms with Crippen LogP contribution in [0.4, 0.5) is 0 Å². The van der Waals surface area contributed by atoms with Crippen LogP contribution in [0.1, 0.15) is 12.8 Å². The van der Waals surface area contributed by atoms with Crippen molar-refractivity contribution in [2.24, 2.45) is 0 Å². The van der Waals surface area contributed by atoms with Crippen molar-refractivity contribution in [1.29, 1.82) is 5.26 Å². The second-order valence-electron chi connectivity index (χ2n) is 2.56. The lowest BCUT2D eigenvalue weighted by molar-refractivity contribution is -0.129. The zero-order valence-electron chi connectivity index (χ0n) is 6.97. The summed E-state index contributed by atoms with van der Waals surface area (Å²) >= 11 is 11.4. The first kappa shape index (κ1) is 11.5. The Kier molecular flexibility index (Phi) is 4.36. The molecule has 0 aromatic rings. The molecule has 0 aromatic heterocycles. The molecule has 1 amide bonds. The molecule has 0 spiro atoms. The summed E-state index contributed by atoms with van der Waals surface area (Å²) in [6, 6.07) is 1.88. The highest BCUT2D eigenvalue weighted by Gasteiger charge is 2.34. The van der Waals surface area contributed by atoms with Crippen LogP contribution in [-0.4, -0.2) is 29.2 Å². The third-order valence-corrected chi connectivity index (χ3v) is 1.97. The maximum atomic E-state index is 11.2. The number of rotatable bonds is 3. The van der Waals surface area contributed by atoms with Gasteiger partial charge in [-0.05, 0) is 0 Å². The number of carbonyl (C=O) groups is 1. The van der Waals surface area contributed by atoms with E-state index in [1.807, 2.05) is 6.07 Å². The average Bonchev–Trinajstić information content (AvgIpc) is 1.99. The zero-order chi connectivity index (χ0) is 9.78. The first-order valence-electron chi connectivity index (χ1n) is 3.38. The fourth-order valence-electron chi connectivity index (χ4n) is 0.647. The van der Waals surface area contributed by atoms with E-state index in [0.717, 1.165) is 0 Å². The van der Waals surface area contributed by atoms with E-state index in [1.54, 1.807) is 14.1 Å². The molecule has 68 valence electrons. The van der Waals surface area contributed by atoms with Gasteiger partial charge in [0, 0.05) is 26.9 Å². The zero-order valence-corrected chi connectivity index (χ0v) is 8.48. The van der Waals surface area contributed by atoms with Gasteiger partial charge in [0.1, 0.15) is 0 Å². The highest BCUT2D eigenvalue weighted by molar-refractivity contribution is 6.58. The fourth-order valence-corrected chi connectivity index (χ4v) is 1.17. The van der Waals surface area contributed by atoms with Gasteiger partial charge < -0.3 is 4.90 Å². The van der Waals surface area contributed by atoms with E-state index >= 15 is 0 Å². The van der Waals surface area contributed by atoms with E-state index in [2.05, 4.69) is 0 Å². The molecular weight excluding hydrogens is 199 g/mol. The van der Waals surface area contributed by atoms with Crippen molar-refractivity contribution in [2.45, 2.75) is 17.2 Å². The normalized spacial score (nSPS) is 10.6. The summed E-state index contributed by atoms with van der Waals surface area (Å²) in [5.74, 6) is -0.388.